The third-order valence-corrected chi connectivity index (χ3v) is 2.79. The highest BCUT2D eigenvalue weighted by atomic mass is 16.4. The lowest BCUT2D eigenvalue weighted by Gasteiger charge is -2.00. The number of carboxylic acids is 1. The Labute approximate surface area is 71.6 Å². The summed E-state index contributed by atoms with van der Waals surface area (Å²) in [7, 11) is 0. The van der Waals surface area contributed by atoms with Gasteiger partial charge in [-0.05, 0) is 25.3 Å². The number of aliphatic carboxylic acids is 1. The predicted octanol–water partition coefficient (Wildman–Crippen LogP) is 1.84. The lowest BCUT2D eigenvalue weighted by atomic mass is 10.1. The van der Waals surface area contributed by atoms with E-state index in [0.29, 0.717) is 11.8 Å². The maximum atomic E-state index is 10.7. The van der Waals surface area contributed by atoms with E-state index in [4.69, 9.17) is 5.11 Å². The molecule has 0 radical (unpaired) electrons. The zero-order valence-corrected chi connectivity index (χ0v) is 7.24. The number of allylic oxidation sites excluding steroid dienone is 4. The topological polar surface area (TPSA) is 37.3 Å². The molecule has 0 bridgehead atoms. The molecular formula is C10H12O2. The minimum absolute atomic E-state index is 0.125. The summed E-state index contributed by atoms with van der Waals surface area (Å²) in [5.74, 6) is -0.173. The first-order valence-corrected chi connectivity index (χ1v) is 4.21. The van der Waals surface area contributed by atoms with Crippen LogP contribution in [-0.2, 0) is 4.79 Å². The van der Waals surface area contributed by atoms with Crippen LogP contribution in [0, 0.1) is 17.8 Å². The fourth-order valence-electron chi connectivity index (χ4n) is 2.12. The van der Waals surface area contributed by atoms with Crippen LogP contribution < -0.4 is 0 Å². The Balaban J connectivity index is 2.24. The summed E-state index contributed by atoms with van der Waals surface area (Å²) in [4.78, 5) is 10.7. The highest BCUT2D eigenvalue weighted by molar-refractivity contribution is 5.77. The van der Waals surface area contributed by atoms with Crippen LogP contribution in [0.4, 0.5) is 0 Å². The van der Waals surface area contributed by atoms with Gasteiger partial charge >= 0.3 is 5.97 Å². The average molecular weight is 164 g/mol. The zero-order chi connectivity index (χ0) is 8.88. The van der Waals surface area contributed by atoms with Gasteiger partial charge in [0.05, 0.1) is 5.92 Å². The van der Waals surface area contributed by atoms with Gasteiger partial charge in [0.25, 0.3) is 0 Å². The summed E-state index contributed by atoms with van der Waals surface area (Å²) in [6.45, 7) is 4.08. The van der Waals surface area contributed by atoms with Gasteiger partial charge < -0.3 is 5.11 Å². The van der Waals surface area contributed by atoms with Crippen LogP contribution in [0.5, 0.6) is 0 Å². The molecule has 64 valence electrons. The summed E-state index contributed by atoms with van der Waals surface area (Å²) in [6, 6.07) is 0. The Morgan fingerprint density at radius 2 is 2.17 bits per heavy atom. The van der Waals surface area contributed by atoms with Crippen molar-refractivity contribution in [2.45, 2.75) is 13.8 Å². The van der Waals surface area contributed by atoms with Crippen molar-refractivity contribution < 1.29 is 9.90 Å². The monoisotopic (exact) mass is 164 g/mol. The van der Waals surface area contributed by atoms with Crippen molar-refractivity contribution in [3.05, 3.63) is 23.3 Å². The van der Waals surface area contributed by atoms with Crippen LogP contribution >= 0.6 is 0 Å². The summed E-state index contributed by atoms with van der Waals surface area (Å²) >= 11 is 0. The first-order valence-electron chi connectivity index (χ1n) is 4.21. The van der Waals surface area contributed by atoms with Gasteiger partial charge in [-0.1, -0.05) is 17.7 Å². The number of carboxylic acid groups (broad SMARTS) is 1. The van der Waals surface area contributed by atoms with Crippen LogP contribution in [0.3, 0.4) is 0 Å². The molecule has 0 unspecified atom stereocenters. The van der Waals surface area contributed by atoms with E-state index in [1.807, 2.05) is 19.9 Å². The van der Waals surface area contributed by atoms with Gasteiger partial charge in [0.15, 0.2) is 0 Å². The maximum absolute atomic E-state index is 10.7. The molecule has 0 spiro atoms. The Hall–Kier alpha value is -1.05. The molecule has 1 fully saturated rings. The van der Waals surface area contributed by atoms with Gasteiger partial charge in [0, 0.05) is 5.92 Å². The SMILES string of the molecule is CC(C)=C1C=C[C@@H]2[C@@H](C(=O)O)[C@H]12. The standard InChI is InChI=1S/C10H12O2/c1-5(2)6-3-4-7-8(6)9(7)10(11)12/h3-4,7-9H,1-2H3,(H,11,12)/t7-,8+,9+/m0/s1. The minimum atomic E-state index is -0.645. The van der Waals surface area contributed by atoms with Crippen LogP contribution in [0.25, 0.3) is 0 Å². The van der Waals surface area contributed by atoms with E-state index in [-0.39, 0.29) is 5.92 Å². The van der Waals surface area contributed by atoms with Gasteiger partial charge in [-0.25, -0.2) is 0 Å². The van der Waals surface area contributed by atoms with Gasteiger partial charge in [-0.3, -0.25) is 4.79 Å². The van der Waals surface area contributed by atoms with Gasteiger partial charge in [-0.15, -0.1) is 0 Å². The third-order valence-electron chi connectivity index (χ3n) is 2.79. The average Bonchev–Trinajstić information content (AvgIpc) is 2.52. The fraction of sp³-hybridized carbons (Fsp3) is 0.500. The van der Waals surface area contributed by atoms with Crippen molar-refractivity contribution in [3.63, 3.8) is 0 Å². The van der Waals surface area contributed by atoms with Crippen molar-refractivity contribution >= 4 is 5.97 Å². The van der Waals surface area contributed by atoms with Gasteiger partial charge in [0.2, 0.25) is 0 Å². The Morgan fingerprint density at radius 3 is 2.58 bits per heavy atom. The first kappa shape index (κ1) is 7.59. The van der Waals surface area contributed by atoms with Crippen molar-refractivity contribution in [2.75, 3.05) is 0 Å². The highest BCUT2D eigenvalue weighted by Gasteiger charge is 2.57. The van der Waals surface area contributed by atoms with E-state index in [0.717, 1.165) is 0 Å². The first-order chi connectivity index (χ1) is 5.63. The van der Waals surface area contributed by atoms with Crippen LogP contribution in [0.1, 0.15) is 13.8 Å². The molecule has 2 aliphatic rings. The third kappa shape index (κ3) is 0.840. The quantitative estimate of drug-likeness (QED) is 0.642. The summed E-state index contributed by atoms with van der Waals surface area (Å²) in [5, 5.41) is 8.80. The molecular weight excluding hydrogens is 152 g/mol. The molecule has 2 rings (SSSR count). The van der Waals surface area contributed by atoms with Crippen molar-refractivity contribution in [1.29, 1.82) is 0 Å². The largest absolute Gasteiger partial charge is 0.481 e. The number of carbonyl (C=O) groups is 1. The van der Waals surface area contributed by atoms with Crippen molar-refractivity contribution in [3.8, 4) is 0 Å². The molecule has 0 amide bonds. The zero-order valence-electron chi connectivity index (χ0n) is 7.24. The molecule has 2 heteroatoms. The summed E-state index contributed by atoms with van der Waals surface area (Å²) in [6.07, 6.45) is 4.11. The molecule has 3 atom stereocenters. The van der Waals surface area contributed by atoms with Crippen molar-refractivity contribution in [1.82, 2.24) is 0 Å². The highest BCUT2D eigenvalue weighted by Crippen LogP contribution is 2.57. The normalized spacial score (nSPS) is 36.5. The number of hydrogen-bond acceptors (Lipinski definition) is 1. The summed E-state index contributed by atoms with van der Waals surface area (Å²) in [5.41, 5.74) is 2.50. The number of hydrogen-bond donors (Lipinski definition) is 1. The van der Waals surface area contributed by atoms with E-state index in [2.05, 4.69) is 6.08 Å². The molecule has 2 nitrogen and oxygen atoms in total. The van der Waals surface area contributed by atoms with Crippen LogP contribution in [0.15, 0.2) is 23.3 Å². The second-order valence-corrected chi connectivity index (χ2v) is 3.78. The fourth-order valence-corrected chi connectivity index (χ4v) is 2.12. The molecule has 1 saturated carbocycles. The minimum Gasteiger partial charge on any atom is -0.481 e. The van der Waals surface area contributed by atoms with Crippen LogP contribution in [-0.4, -0.2) is 11.1 Å². The van der Waals surface area contributed by atoms with E-state index in [1.54, 1.807) is 0 Å². The molecule has 0 aromatic carbocycles. The van der Waals surface area contributed by atoms with E-state index in [1.165, 1.54) is 11.1 Å². The summed E-state index contributed by atoms with van der Waals surface area (Å²) < 4.78 is 0. The molecule has 0 aromatic rings. The lowest BCUT2D eigenvalue weighted by molar-refractivity contribution is -0.139. The Kier molecular flexibility index (Phi) is 1.40. The molecule has 2 aliphatic carbocycles. The van der Waals surface area contributed by atoms with E-state index in [9.17, 15) is 4.79 Å². The van der Waals surface area contributed by atoms with Crippen molar-refractivity contribution in [2.24, 2.45) is 17.8 Å². The number of rotatable bonds is 1. The van der Waals surface area contributed by atoms with Gasteiger partial charge in [-0.2, -0.15) is 0 Å². The molecule has 0 saturated heterocycles. The van der Waals surface area contributed by atoms with E-state index < -0.39 is 5.97 Å². The lowest BCUT2D eigenvalue weighted by Crippen LogP contribution is -2.02. The smallest absolute Gasteiger partial charge is 0.307 e. The van der Waals surface area contributed by atoms with Gasteiger partial charge in [0.1, 0.15) is 0 Å². The molecule has 0 aliphatic heterocycles. The molecule has 12 heavy (non-hydrogen) atoms. The van der Waals surface area contributed by atoms with Crippen LogP contribution in [0.2, 0.25) is 0 Å². The predicted molar refractivity (Wildman–Crippen MR) is 45.6 cm³/mol. The molecule has 0 heterocycles. The Bertz CT molecular complexity index is 295. The Morgan fingerprint density at radius 1 is 1.50 bits per heavy atom. The number of fused-ring (bicyclic) bond motifs is 1. The molecule has 1 N–H and O–H groups in total. The second-order valence-electron chi connectivity index (χ2n) is 3.78. The van der Waals surface area contributed by atoms with E-state index >= 15 is 0 Å². The molecule has 0 aromatic heterocycles. The second kappa shape index (κ2) is 2.22. The maximum Gasteiger partial charge on any atom is 0.307 e.